The van der Waals surface area contributed by atoms with Gasteiger partial charge in [0.05, 0.1) is 11.3 Å². The molecule has 4 N–H and O–H groups in total. The summed E-state index contributed by atoms with van der Waals surface area (Å²) in [6, 6.07) is 2.27. The van der Waals surface area contributed by atoms with Gasteiger partial charge in [0.15, 0.2) is 0 Å². The van der Waals surface area contributed by atoms with Crippen molar-refractivity contribution in [3.05, 3.63) is 29.1 Å². The molecule has 0 aliphatic rings. The van der Waals surface area contributed by atoms with Gasteiger partial charge >= 0.3 is 0 Å². The smallest absolute Gasteiger partial charge is 0.280 e. The van der Waals surface area contributed by atoms with Crippen molar-refractivity contribution < 1.29 is 13.6 Å². The molecule has 1 heterocycles. The maximum absolute atomic E-state index is 12.2. The van der Waals surface area contributed by atoms with Crippen molar-refractivity contribution in [1.29, 1.82) is 0 Å². The van der Waals surface area contributed by atoms with Crippen LogP contribution in [0, 0.1) is 0 Å². The van der Waals surface area contributed by atoms with Crippen LogP contribution in [0.2, 0.25) is 0 Å². The van der Waals surface area contributed by atoms with Gasteiger partial charge in [-0.3, -0.25) is 4.79 Å². The molecule has 0 saturated heterocycles. The fraction of sp³-hybridized carbons (Fsp3) is 0.250. The highest BCUT2D eigenvalue weighted by atomic mass is 19.3. The number of aromatic nitrogens is 1. The van der Waals surface area contributed by atoms with Gasteiger partial charge in [0, 0.05) is 6.54 Å². The Labute approximate surface area is 78.9 Å². The molecule has 14 heavy (non-hydrogen) atoms. The topological polar surface area (TPSA) is 82.0 Å². The predicted molar refractivity (Wildman–Crippen MR) is 45.6 cm³/mol. The van der Waals surface area contributed by atoms with Crippen molar-refractivity contribution in [3.63, 3.8) is 0 Å². The number of carbonyl (C=O) groups excluding carboxylic acids is 1. The van der Waals surface area contributed by atoms with Crippen LogP contribution in [0.25, 0.3) is 0 Å². The zero-order valence-electron chi connectivity index (χ0n) is 7.21. The number of nitrogens with zero attached hydrogens (tertiary/aromatic N) is 1. The minimum Gasteiger partial charge on any atom is -0.366 e. The Hall–Kier alpha value is -1.56. The summed E-state index contributed by atoms with van der Waals surface area (Å²) in [5.41, 5.74) is 10.0. The highest BCUT2D eigenvalue weighted by Crippen LogP contribution is 2.17. The van der Waals surface area contributed by atoms with Gasteiger partial charge in [-0.05, 0) is 12.1 Å². The molecule has 0 aliphatic heterocycles. The third-order valence-corrected chi connectivity index (χ3v) is 1.68. The summed E-state index contributed by atoms with van der Waals surface area (Å²) in [5, 5.41) is 0. The second-order valence-corrected chi connectivity index (χ2v) is 2.60. The number of pyridine rings is 1. The van der Waals surface area contributed by atoms with Crippen molar-refractivity contribution in [2.75, 3.05) is 0 Å². The lowest BCUT2D eigenvalue weighted by molar-refractivity contribution is 0.0998. The molecule has 0 atom stereocenters. The van der Waals surface area contributed by atoms with E-state index >= 15 is 0 Å². The molecule has 0 fully saturated rings. The van der Waals surface area contributed by atoms with Gasteiger partial charge in [-0.1, -0.05) is 0 Å². The second kappa shape index (κ2) is 4.10. The molecule has 0 aliphatic carbocycles. The molecule has 76 valence electrons. The molecule has 1 aromatic rings. The highest BCUT2D eigenvalue weighted by Gasteiger charge is 2.14. The predicted octanol–water partition coefficient (Wildman–Crippen LogP) is 0.577. The van der Waals surface area contributed by atoms with Crippen LogP contribution in [-0.2, 0) is 6.54 Å². The monoisotopic (exact) mass is 201 g/mol. The number of hydrogen-bond donors (Lipinski definition) is 2. The van der Waals surface area contributed by atoms with Crippen LogP contribution in [-0.4, -0.2) is 10.9 Å². The quantitative estimate of drug-likeness (QED) is 0.750. The zero-order valence-corrected chi connectivity index (χ0v) is 7.21. The first-order valence-corrected chi connectivity index (χ1v) is 3.84. The van der Waals surface area contributed by atoms with Crippen molar-refractivity contribution in [3.8, 4) is 0 Å². The van der Waals surface area contributed by atoms with E-state index in [1.807, 2.05) is 0 Å². The first-order valence-electron chi connectivity index (χ1n) is 3.84. The fourth-order valence-electron chi connectivity index (χ4n) is 1.02. The fourth-order valence-corrected chi connectivity index (χ4v) is 1.02. The summed E-state index contributed by atoms with van der Waals surface area (Å²) in [5.74, 6) is -0.723. The number of rotatable bonds is 3. The number of hydrogen-bond acceptors (Lipinski definition) is 3. The van der Waals surface area contributed by atoms with Gasteiger partial charge in [0.1, 0.15) is 5.69 Å². The molecule has 0 spiro atoms. The lowest BCUT2D eigenvalue weighted by Gasteiger charge is -2.05. The average Bonchev–Trinajstić information content (AvgIpc) is 2.16. The number of alkyl halides is 2. The largest absolute Gasteiger partial charge is 0.366 e. The molecule has 1 rings (SSSR count). The van der Waals surface area contributed by atoms with Crippen LogP contribution < -0.4 is 11.5 Å². The molecule has 0 saturated carbocycles. The number of primary amides is 1. The summed E-state index contributed by atoms with van der Waals surface area (Å²) in [4.78, 5) is 14.3. The normalized spacial score (nSPS) is 10.6. The van der Waals surface area contributed by atoms with Crippen LogP contribution in [0.15, 0.2) is 12.1 Å². The summed E-state index contributed by atoms with van der Waals surface area (Å²) in [6.45, 7) is -0.0984. The summed E-state index contributed by atoms with van der Waals surface area (Å²) >= 11 is 0. The molecule has 0 unspecified atom stereocenters. The molecule has 1 aromatic heterocycles. The van der Waals surface area contributed by atoms with Gasteiger partial charge in [-0.25, -0.2) is 13.8 Å². The van der Waals surface area contributed by atoms with Gasteiger partial charge < -0.3 is 11.5 Å². The first-order chi connectivity index (χ1) is 6.56. The van der Waals surface area contributed by atoms with Crippen LogP contribution in [0.5, 0.6) is 0 Å². The molecule has 0 aromatic carbocycles. The van der Waals surface area contributed by atoms with E-state index in [1.54, 1.807) is 0 Å². The van der Waals surface area contributed by atoms with E-state index in [-0.39, 0.29) is 17.8 Å². The van der Waals surface area contributed by atoms with Gasteiger partial charge in [0.25, 0.3) is 12.3 Å². The van der Waals surface area contributed by atoms with Crippen molar-refractivity contribution in [1.82, 2.24) is 4.98 Å². The highest BCUT2D eigenvalue weighted by molar-refractivity contribution is 5.93. The van der Waals surface area contributed by atoms with Crippen LogP contribution >= 0.6 is 0 Å². The van der Waals surface area contributed by atoms with Gasteiger partial charge in [0.2, 0.25) is 0 Å². The van der Waals surface area contributed by atoms with E-state index in [2.05, 4.69) is 4.98 Å². The standard InChI is InChI=1S/C8H9F2N3O/c9-7(10)5-2-1-4(8(12)14)6(3-11)13-5/h1-2,7H,3,11H2,(H2,12,14). The number of halogens is 2. The number of carbonyl (C=O) groups is 1. The Morgan fingerprint density at radius 3 is 2.57 bits per heavy atom. The Balaban J connectivity index is 3.18. The summed E-state index contributed by atoms with van der Waals surface area (Å²) in [7, 11) is 0. The first kappa shape index (κ1) is 10.5. The van der Waals surface area contributed by atoms with E-state index in [0.717, 1.165) is 6.07 Å². The summed E-state index contributed by atoms with van der Waals surface area (Å²) < 4.78 is 24.4. The van der Waals surface area contributed by atoms with E-state index < -0.39 is 18.0 Å². The molecular formula is C8H9F2N3O. The lowest BCUT2D eigenvalue weighted by atomic mass is 10.1. The Kier molecular flexibility index (Phi) is 3.08. The molecule has 6 heteroatoms. The summed E-state index contributed by atoms with van der Waals surface area (Å²) in [6.07, 6.45) is -2.68. The lowest BCUT2D eigenvalue weighted by Crippen LogP contribution is -2.17. The number of nitrogens with two attached hydrogens (primary N) is 2. The molecule has 0 radical (unpaired) electrons. The number of amides is 1. The van der Waals surface area contributed by atoms with E-state index in [1.165, 1.54) is 6.07 Å². The van der Waals surface area contributed by atoms with Crippen molar-refractivity contribution >= 4 is 5.91 Å². The van der Waals surface area contributed by atoms with Gasteiger partial charge in [-0.2, -0.15) is 0 Å². The molecule has 1 amide bonds. The zero-order chi connectivity index (χ0) is 10.7. The van der Waals surface area contributed by atoms with E-state index in [9.17, 15) is 13.6 Å². The Morgan fingerprint density at radius 1 is 1.50 bits per heavy atom. The maximum atomic E-state index is 12.2. The van der Waals surface area contributed by atoms with Crippen LogP contribution in [0.4, 0.5) is 8.78 Å². The SMILES string of the molecule is NCc1nc(C(F)F)ccc1C(N)=O. The van der Waals surface area contributed by atoms with E-state index in [0.29, 0.717) is 0 Å². The third kappa shape index (κ3) is 2.02. The second-order valence-electron chi connectivity index (χ2n) is 2.60. The molecule has 4 nitrogen and oxygen atoms in total. The molecular weight excluding hydrogens is 192 g/mol. The minimum atomic E-state index is -2.68. The Bertz CT molecular complexity index is 354. The Morgan fingerprint density at radius 2 is 2.14 bits per heavy atom. The average molecular weight is 201 g/mol. The van der Waals surface area contributed by atoms with Crippen molar-refractivity contribution in [2.45, 2.75) is 13.0 Å². The minimum absolute atomic E-state index is 0.0805. The van der Waals surface area contributed by atoms with Crippen molar-refractivity contribution in [2.24, 2.45) is 11.5 Å². The third-order valence-electron chi connectivity index (χ3n) is 1.68. The van der Waals surface area contributed by atoms with Crippen LogP contribution in [0.1, 0.15) is 28.2 Å². The van der Waals surface area contributed by atoms with E-state index in [4.69, 9.17) is 11.5 Å². The maximum Gasteiger partial charge on any atom is 0.280 e. The molecule has 0 bridgehead atoms. The van der Waals surface area contributed by atoms with Crippen LogP contribution in [0.3, 0.4) is 0 Å². The van der Waals surface area contributed by atoms with Gasteiger partial charge in [-0.15, -0.1) is 0 Å².